The van der Waals surface area contributed by atoms with Crippen molar-refractivity contribution in [3.8, 4) is 5.75 Å². The molecule has 0 heterocycles. The molecule has 1 saturated carbocycles. The molecule has 0 aromatic heterocycles. The topological polar surface area (TPSA) is 58.6 Å². The third-order valence-corrected chi connectivity index (χ3v) is 4.18. The fraction of sp³-hybridized carbons (Fsp3) is 0.316. The maximum absolute atomic E-state index is 10.9. The van der Waals surface area contributed by atoms with Crippen molar-refractivity contribution in [3.05, 3.63) is 58.6 Å². The summed E-state index contributed by atoms with van der Waals surface area (Å²) in [5.74, 6) is 0.499. The number of benzene rings is 2. The maximum Gasteiger partial charge on any atom is 0.307 e. The minimum Gasteiger partial charge on any atom is -0.489 e. The zero-order valence-corrected chi connectivity index (χ0v) is 14.1. The van der Waals surface area contributed by atoms with Gasteiger partial charge in [0.25, 0.3) is 0 Å². The first-order valence-electron chi connectivity index (χ1n) is 8.06. The van der Waals surface area contributed by atoms with Gasteiger partial charge in [-0.1, -0.05) is 29.8 Å². The molecule has 0 atom stereocenters. The fourth-order valence-corrected chi connectivity index (χ4v) is 2.79. The molecule has 0 radical (unpaired) electrons. The third kappa shape index (κ3) is 4.90. The molecule has 1 aliphatic rings. The Balaban J connectivity index is 1.66. The zero-order chi connectivity index (χ0) is 16.9. The van der Waals surface area contributed by atoms with Crippen LogP contribution in [0.4, 0.5) is 5.69 Å². The largest absolute Gasteiger partial charge is 0.489 e. The Morgan fingerprint density at radius 3 is 2.79 bits per heavy atom. The molecule has 1 fully saturated rings. The van der Waals surface area contributed by atoms with Crippen LogP contribution in [0.25, 0.3) is 0 Å². The molecule has 3 rings (SSSR count). The SMILES string of the molecule is O=C(O)Cc1ccccc1OCc1cc(Cl)cc(NCC2CC2)c1. The number of halogens is 1. The van der Waals surface area contributed by atoms with E-state index < -0.39 is 5.97 Å². The number of carboxylic acids is 1. The summed E-state index contributed by atoms with van der Waals surface area (Å²) in [6.45, 7) is 1.32. The average Bonchev–Trinajstić information content (AvgIpc) is 3.35. The number of ether oxygens (including phenoxy) is 1. The van der Waals surface area contributed by atoms with Crippen molar-refractivity contribution in [1.82, 2.24) is 0 Å². The van der Waals surface area contributed by atoms with Gasteiger partial charge in [0.1, 0.15) is 12.4 Å². The first-order valence-corrected chi connectivity index (χ1v) is 8.44. The molecule has 2 N–H and O–H groups in total. The fourth-order valence-electron chi connectivity index (χ4n) is 2.53. The van der Waals surface area contributed by atoms with Gasteiger partial charge >= 0.3 is 5.97 Å². The van der Waals surface area contributed by atoms with Gasteiger partial charge in [0, 0.05) is 22.8 Å². The standard InChI is InChI=1S/C19H20ClNO3/c20-16-7-14(8-17(10-16)21-11-13-5-6-13)12-24-18-4-2-1-3-15(18)9-19(22)23/h1-4,7-8,10,13,21H,5-6,9,11-12H2,(H,22,23). The summed E-state index contributed by atoms with van der Waals surface area (Å²) in [6, 6.07) is 13.0. The van der Waals surface area contributed by atoms with Crippen LogP contribution < -0.4 is 10.1 Å². The van der Waals surface area contributed by atoms with Gasteiger partial charge in [0.2, 0.25) is 0 Å². The molecule has 126 valence electrons. The number of anilines is 1. The maximum atomic E-state index is 10.9. The Morgan fingerprint density at radius 1 is 1.25 bits per heavy atom. The van der Waals surface area contributed by atoms with E-state index in [2.05, 4.69) is 5.32 Å². The first kappa shape index (κ1) is 16.7. The molecule has 2 aromatic rings. The van der Waals surface area contributed by atoms with Crippen LogP contribution >= 0.6 is 11.6 Å². The Morgan fingerprint density at radius 2 is 2.04 bits per heavy atom. The van der Waals surface area contributed by atoms with Crippen LogP contribution in [0, 0.1) is 5.92 Å². The lowest BCUT2D eigenvalue weighted by Gasteiger charge is -2.12. The summed E-state index contributed by atoms with van der Waals surface area (Å²) >= 11 is 6.19. The molecule has 0 bridgehead atoms. The van der Waals surface area contributed by atoms with Gasteiger partial charge in [0.05, 0.1) is 6.42 Å². The van der Waals surface area contributed by atoms with Crippen molar-refractivity contribution in [2.75, 3.05) is 11.9 Å². The Hall–Kier alpha value is -2.20. The van der Waals surface area contributed by atoms with E-state index >= 15 is 0 Å². The third-order valence-electron chi connectivity index (χ3n) is 3.96. The molecule has 4 nitrogen and oxygen atoms in total. The van der Waals surface area contributed by atoms with Crippen LogP contribution in [0.1, 0.15) is 24.0 Å². The summed E-state index contributed by atoms with van der Waals surface area (Å²) < 4.78 is 5.82. The van der Waals surface area contributed by atoms with E-state index in [1.807, 2.05) is 30.3 Å². The number of carbonyl (C=O) groups is 1. The second-order valence-electron chi connectivity index (χ2n) is 6.14. The Kier molecular flexibility index (Phi) is 5.26. The minimum absolute atomic E-state index is 0.0556. The van der Waals surface area contributed by atoms with Gasteiger partial charge in [-0.2, -0.15) is 0 Å². The highest BCUT2D eigenvalue weighted by Gasteiger charge is 2.20. The van der Waals surface area contributed by atoms with Crippen molar-refractivity contribution >= 4 is 23.3 Å². The smallest absolute Gasteiger partial charge is 0.307 e. The summed E-state index contributed by atoms with van der Waals surface area (Å²) in [7, 11) is 0. The monoisotopic (exact) mass is 345 g/mol. The summed E-state index contributed by atoms with van der Waals surface area (Å²) in [5.41, 5.74) is 2.61. The highest BCUT2D eigenvalue weighted by molar-refractivity contribution is 6.30. The molecule has 5 heteroatoms. The van der Waals surface area contributed by atoms with Crippen LogP contribution in [-0.4, -0.2) is 17.6 Å². The van der Waals surface area contributed by atoms with Crippen molar-refractivity contribution in [2.24, 2.45) is 5.92 Å². The van der Waals surface area contributed by atoms with Gasteiger partial charge in [-0.05, 0) is 48.6 Å². The van der Waals surface area contributed by atoms with Crippen LogP contribution in [0.2, 0.25) is 5.02 Å². The lowest BCUT2D eigenvalue weighted by Crippen LogP contribution is -2.05. The quantitative estimate of drug-likeness (QED) is 0.746. The lowest BCUT2D eigenvalue weighted by atomic mass is 10.1. The number of aliphatic carboxylic acids is 1. The lowest BCUT2D eigenvalue weighted by molar-refractivity contribution is -0.136. The molecule has 0 unspecified atom stereocenters. The average molecular weight is 346 g/mol. The Labute approximate surface area is 146 Å². The van der Waals surface area contributed by atoms with Gasteiger partial charge in [-0.15, -0.1) is 0 Å². The van der Waals surface area contributed by atoms with E-state index in [-0.39, 0.29) is 6.42 Å². The van der Waals surface area contributed by atoms with E-state index in [9.17, 15) is 4.79 Å². The second-order valence-corrected chi connectivity index (χ2v) is 6.58. The van der Waals surface area contributed by atoms with E-state index in [4.69, 9.17) is 21.4 Å². The zero-order valence-electron chi connectivity index (χ0n) is 13.3. The minimum atomic E-state index is -0.875. The molecular weight excluding hydrogens is 326 g/mol. The number of hydrogen-bond donors (Lipinski definition) is 2. The van der Waals surface area contributed by atoms with Gasteiger partial charge in [0.15, 0.2) is 0 Å². The molecule has 1 aliphatic carbocycles. The van der Waals surface area contributed by atoms with Gasteiger partial charge in [-0.3, -0.25) is 4.79 Å². The molecule has 0 spiro atoms. The highest BCUT2D eigenvalue weighted by Crippen LogP contribution is 2.30. The normalized spacial score (nSPS) is 13.5. The van der Waals surface area contributed by atoms with Crippen LogP contribution in [0.15, 0.2) is 42.5 Å². The number of rotatable bonds is 8. The van der Waals surface area contributed by atoms with Gasteiger partial charge in [-0.25, -0.2) is 0 Å². The number of para-hydroxylation sites is 1. The summed E-state index contributed by atoms with van der Waals surface area (Å²) in [4.78, 5) is 10.9. The van der Waals surface area contributed by atoms with Crippen molar-refractivity contribution in [2.45, 2.75) is 25.9 Å². The van der Waals surface area contributed by atoms with Crippen LogP contribution in [-0.2, 0) is 17.8 Å². The Bertz CT molecular complexity index is 728. The van der Waals surface area contributed by atoms with Crippen molar-refractivity contribution < 1.29 is 14.6 Å². The van der Waals surface area contributed by atoms with E-state index in [0.29, 0.717) is 22.9 Å². The van der Waals surface area contributed by atoms with Crippen molar-refractivity contribution in [3.63, 3.8) is 0 Å². The van der Waals surface area contributed by atoms with E-state index in [0.717, 1.165) is 23.7 Å². The van der Waals surface area contributed by atoms with E-state index in [1.165, 1.54) is 12.8 Å². The van der Waals surface area contributed by atoms with E-state index in [1.54, 1.807) is 12.1 Å². The van der Waals surface area contributed by atoms with Crippen molar-refractivity contribution in [1.29, 1.82) is 0 Å². The summed E-state index contributed by atoms with van der Waals surface area (Å²) in [6.07, 6.45) is 2.54. The number of nitrogens with one attached hydrogen (secondary N) is 1. The molecule has 0 amide bonds. The molecular formula is C19H20ClNO3. The molecule has 0 aliphatic heterocycles. The number of hydrogen-bond acceptors (Lipinski definition) is 3. The summed E-state index contributed by atoms with van der Waals surface area (Å²) in [5, 5.41) is 13.0. The molecule has 2 aromatic carbocycles. The second kappa shape index (κ2) is 7.58. The first-order chi connectivity index (χ1) is 11.6. The molecule has 0 saturated heterocycles. The van der Waals surface area contributed by atoms with Crippen LogP contribution in [0.3, 0.4) is 0 Å². The van der Waals surface area contributed by atoms with Gasteiger partial charge < -0.3 is 15.2 Å². The van der Waals surface area contributed by atoms with Crippen LogP contribution in [0.5, 0.6) is 5.75 Å². The molecule has 24 heavy (non-hydrogen) atoms. The predicted molar refractivity (Wildman–Crippen MR) is 94.8 cm³/mol. The number of carboxylic acid groups (broad SMARTS) is 1. The predicted octanol–water partition coefficient (Wildman–Crippen LogP) is 4.37. The highest BCUT2D eigenvalue weighted by atomic mass is 35.5.